The second kappa shape index (κ2) is 6.10. The SMILES string of the molecule is Nc1nccc(-c2c(-c3ccc(F)cc3)ncn2C2CN(C(=O)O)C2)n1. The number of amides is 1. The number of aromatic nitrogens is 4. The van der Waals surface area contributed by atoms with E-state index < -0.39 is 6.09 Å². The lowest BCUT2D eigenvalue weighted by Crippen LogP contribution is -2.50. The lowest BCUT2D eigenvalue weighted by molar-refractivity contribution is 0.0861. The van der Waals surface area contributed by atoms with Crippen LogP contribution in [0.1, 0.15) is 6.04 Å². The van der Waals surface area contributed by atoms with E-state index in [1.54, 1.807) is 30.7 Å². The summed E-state index contributed by atoms with van der Waals surface area (Å²) in [5, 5.41) is 9.06. The zero-order valence-corrected chi connectivity index (χ0v) is 13.6. The molecule has 0 spiro atoms. The van der Waals surface area contributed by atoms with Crippen LogP contribution in [0.2, 0.25) is 0 Å². The topological polar surface area (TPSA) is 110 Å². The minimum absolute atomic E-state index is 0.0565. The predicted octanol–water partition coefficient (Wildman–Crippen LogP) is 2.26. The highest BCUT2D eigenvalue weighted by Crippen LogP contribution is 2.35. The van der Waals surface area contributed by atoms with E-state index in [1.807, 2.05) is 4.57 Å². The highest BCUT2D eigenvalue weighted by molar-refractivity contribution is 5.77. The fourth-order valence-electron chi connectivity index (χ4n) is 3.00. The molecule has 0 bridgehead atoms. The zero-order valence-electron chi connectivity index (χ0n) is 13.6. The quantitative estimate of drug-likeness (QED) is 0.746. The van der Waals surface area contributed by atoms with E-state index >= 15 is 0 Å². The Morgan fingerprint density at radius 3 is 2.58 bits per heavy atom. The van der Waals surface area contributed by atoms with Gasteiger partial charge in [-0.25, -0.2) is 24.1 Å². The van der Waals surface area contributed by atoms with Gasteiger partial charge in [0.2, 0.25) is 5.95 Å². The van der Waals surface area contributed by atoms with Crippen LogP contribution < -0.4 is 5.73 Å². The Balaban J connectivity index is 1.80. The molecule has 1 saturated heterocycles. The molecule has 1 aliphatic rings. The van der Waals surface area contributed by atoms with Crippen molar-refractivity contribution in [1.29, 1.82) is 0 Å². The van der Waals surface area contributed by atoms with Crippen LogP contribution in [0.25, 0.3) is 22.6 Å². The third-order valence-corrected chi connectivity index (χ3v) is 4.35. The van der Waals surface area contributed by atoms with Crippen LogP contribution in [0.3, 0.4) is 0 Å². The first-order chi connectivity index (χ1) is 12.5. The van der Waals surface area contributed by atoms with Gasteiger partial charge in [0, 0.05) is 24.8 Å². The first kappa shape index (κ1) is 16.0. The number of nitrogens with zero attached hydrogens (tertiary/aromatic N) is 5. The van der Waals surface area contributed by atoms with Gasteiger partial charge < -0.3 is 20.3 Å². The van der Waals surface area contributed by atoms with E-state index in [2.05, 4.69) is 15.0 Å². The van der Waals surface area contributed by atoms with Gasteiger partial charge >= 0.3 is 6.09 Å². The van der Waals surface area contributed by atoms with Gasteiger partial charge in [0.1, 0.15) is 5.82 Å². The average molecular weight is 354 g/mol. The Labute approximate surface area is 147 Å². The average Bonchev–Trinajstić information content (AvgIpc) is 2.98. The molecule has 3 heterocycles. The molecule has 9 heteroatoms. The van der Waals surface area contributed by atoms with E-state index in [0.717, 1.165) is 5.56 Å². The lowest BCUT2D eigenvalue weighted by atomic mass is 10.1. The maximum Gasteiger partial charge on any atom is 0.407 e. The number of carboxylic acid groups (broad SMARTS) is 1. The Kier molecular flexibility index (Phi) is 3.76. The maximum atomic E-state index is 13.3. The number of likely N-dealkylation sites (tertiary alicyclic amines) is 1. The molecule has 2 aromatic heterocycles. The molecule has 1 aromatic carbocycles. The Morgan fingerprint density at radius 1 is 1.19 bits per heavy atom. The summed E-state index contributed by atoms with van der Waals surface area (Å²) in [6.07, 6.45) is 2.25. The van der Waals surface area contributed by atoms with Crippen molar-refractivity contribution in [2.75, 3.05) is 18.8 Å². The maximum absolute atomic E-state index is 13.3. The van der Waals surface area contributed by atoms with Gasteiger partial charge in [-0.3, -0.25) is 0 Å². The number of halogens is 1. The summed E-state index contributed by atoms with van der Waals surface area (Å²) >= 11 is 0. The molecular weight excluding hydrogens is 339 g/mol. The van der Waals surface area contributed by atoms with E-state index in [-0.39, 0.29) is 17.8 Å². The van der Waals surface area contributed by atoms with Gasteiger partial charge in [0.25, 0.3) is 0 Å². The number of nitrogen functional groups attached to an aromatic ring is 1. The van der Waals surface area contributed by atoms with E-state index in [9.17, 15) is 9.18 Å². The monoisotopic (exact) mass is 354 g/mol. The van der Waals surface area contributed by atoms with Crippen LogP contribution in [0.4, 0.5) is 15.1 Å². The fourth-order valence-corrected chi connectivity index (χ4v) is 3.00. The number of hydrogen-bond acceptors (Lipinski definition) is 5. The standard InChI is InChI=1S/C17H15FN6O2/c18-11-3-1-10(2-4-11)14-15(13-5-6-20-16(19)22-13)24(9-21-14)12-7-23(8-12)17(25)26/h1-6,9,12H,7-8H2,(H,25,26)(H2,19,20,22). The van der Waals surface area contributed by atoms with Crippen LogP contribution in [-0.4, -0.2) is 48.7 Å². The molecule has 0 saturated carbocycles. The lowest BCUT2D eigenvalue weighted by Gasteiger charge is -2.38. The second-order valence-corrected chi connectivity index (χ2v) is 6.00. The summed E-state index contributed by atoms with van der Waals surface area (Å²) in [5.41, 5.74) is 8.34. The minimum atomic E-state index is -0.951. The molecule has 26 heavy (non-hydrogen) atoms. The third-order valence-electron chi connectivity index (χ3n) is 4.35. The van der Waals surface area contributed by atoms with Crippen molar-refractivity contribution < 1.29 is 14.3 Å². The van der Waals surface area contributed by atoms with Crippen molar-refractivity contribution in [3.05, 3.63) is 48.7 Å². The Hall–Kier alpha value is -3.49. The summed E-state index contributed by atoms with van der Waals surface area (Å²) in [6.45, 7) is 0.726. The number of benzene rings is 1. The van der Waals surface area contributed by atoms with Gasteiger partial charge in [-0.15, -0.1) is 0 Å². The van der Waals surface area contributed by atoms with Crippen molar-refractivity contribution in [1.82, 2.24) is 24.4 Å². The van der Waals surface area contributed by atoms with Gasteiger partial charge in [-0.05, 0) is 30.3 Å². The van der Waals surface area contributed by atoms with Crippen LogP contribution >= 0.6 is 0 Å². The van der Waals surface area contributed by atoms with Gasteiger partial charge in [0.15, 0.2) is 0 Å². The Bertz CT molecular complexity index is 966. The molecule has 3 aromatic rings. The molecule has 1 amide bonds. The summed E-state index contributed by atoms with van der Waals surface area (Å²) in [7, 11) is 0. The van der Waals surface area contributed by atoms with Crippen LogP contribution in [-0.2, 0) is 0 Å². The molecule has 132 valence electrons. The minimum Gasteiger partial charge on any atom is -0.465 e. The molecule has 3 N–H and O–H groups in total. The van der Waals surface area contributed by atoms with Gasteiger partial charge in [-0.2, -0.15) is 0 Å². The number of rotatable bonds is 3. The molecule has 8 nitrogen and oxygen atoms in total. The fraction of sp³-hybridized carbons (Fsp3) is 0.176. The summed E-state index contributed by atoms with van der Waals surface area (Å²) < 4.78 is 15.2. The number of imidazole rings is 1. The summed E-state index contributed by atoms with van der Waals surface area (Å²) in [5.74, 6) is -0.210. The van der Waals surface area contributed by atoms with Crippen LogP contribution in [0.5, 0.6) is 0 Å². The zero-order chi connectivity index (χ0) is 18.3. The highest BCUT2D eigenvalue weighted by Gasteiger charge is 2.34. The first-order valence-electron chi connectivity index (χ1n) is 7.92. The van der Waals surface area contributed by atoms with Crippen LogP contribution in [0, 0.1) is 5.82 Å². The summed E-state index contributed by atoms with van der Waals surface area (Å²) in [4.78, 5) is 25.0. The third kappa shape index (κ3) is 2.73. The highest BCUT2D eigenvalue weighted by atomic mass is 19.1. The first-order valence-corrected chi connectivity index (χ1v) is 7.92. The van der Waals surface area contributed by atoms with E-state index in [0.29, 0.717) is 30.2 Å². The van der Waals surface area contributed by atoms with E-state index in [4.69, 9.17) is 10.8 Å². The molecule has 0 aliphatic carbocycles. The number of anilines is 1. The largest absolute Gasteiger partial charge is 0.465 e. The van der Waals surface area contributed by atoms with E-state index in [1.165, 1.54) is 17.0 Å². The normalized spacial score (nSPS) is 14.3. The predicted molar refractivity (Wildman–Crippen MR) is 91.7 cm³/mol. The molecule has 4 rings (SSSR count). The van der Waals surface area contributed by atoms with Crippen molar-refractivity contribution in [3.63, 3.8) is 0 Å². The molecule has 1 aliphatic heterocycles. The second-order valence-electron chi connectivity index (χ2n) is 6.00. The number of carbonyl (C=O) groups is 1. The number of nitrogens with two attached hydrogens (primary N) is 1. The molecule has 1 fully saturated rings. The van der Waals surface area contributed by atoms with Gasteiger partial charge in [-0.1, -0.05) is 0 Å². The molecular formula is C17H15FN6O2. The Morgan fingerprint density at radius 2 is 1.92 bits per heavy atom. The molecule has 0 radical (unpaired) electrons. The van der Waals surface area contributed by atoms with Crippen molar-refractivity contribution in [2.45, 2.75) is 6.04 Å². The number of hydrogen-bond donors (Lipinski definition) is 2. The van der Waals surface area contributed by atoms with Crippen molar-refractivity contribution >= 4 is 12.0 Å². The smallest absolute Gasteiger partial charge is 0.407 e. The molecule has 0 atom stereocenters. The van der Waals surface area contributed by atoms with Gasteiger partial charge in [0.05, 0.1) is 29.5 Å². The summed E-state index contributed by atoms with van der Waals surface area (Å²) in [6, 6.07) is 7.66. The molecule has 0 unspecified atom stereocenters. The van der Waals surface area contributed by atoms with Crippen molar-refractivity contribution in [3.8, 4) is 22.6 Å². The van der Waals surface area contributed by atoms with Crippen molar-refractivity contribution in [2.24, 2.45) is 0 Å². The van der Waals surface area contributed by atoms with Crippen LogP contribution in [0.15, 0.2) is 42.9 Å².